The van der Waals surface area contributed by atoms with E-state index >= 15 is 0 Å². The predicted octanol–water partition coefficient (Wildman–Crippen LogP) is 2.13. The maximum atomic E-state index is 11.9. The standard InChI is InChI=1S/C13H20N2O3S/c1-4-8(2)19-7-11-14-9(3)10(13(18)15-11)5-6-12(16)17/h8H,4-7H2,1-3H3,(H,16,17)(H,14,15,18). The van der Waals surface area contributed by atoms with Crippen molar-refractivity contribution in [1.82, 2.24) is 9.97 Å². The minimum atomic E-state index is -0.907. The van der Waals surface area contributed by atoms with Gasteiger partial charge < -0.3 is 10.1 Å². The number of carboxylic acids is 1. The molecule has 0 spiro atoms. The van der Waals surface area contributed by atoms with Gasteiger partial charge in [0.2, 0.25) is 0 Å². The Labute approximate surface area is 116 Å². The fourth-order valence-electron chi connectivity index (χ4n) is 1.60. The van der Waals surface area contributed by atoms with Gasteiger partial charge in [0, 0.05) is 22.9 Å². The minimum Gasteiger partial charge on any atom is -0.481 e. The molecule has 106 valence electrons. The van der Waals surface area contributed by atoms with Gasteiger partial charge in [-0.15, -0.1) is 0 Å². The van der Waals surface area contributed by atoms with Crippen LogP contribution in [0.1, 0.15) is 43.8 Å². The second-order valence-electron chi connectivity index (χ2n) is 4.50. The lowest BCUT2D eigenvalue weighted by molar-refractivity contribution is -0.136. The quantitative estimate of drug-likeness (QED) is 0.801. The van der Waals surface area contributed by atoms with E-state index < -0.39 is 5.97 Å². The monoisotopic (exact) mass is 284 g/mol. The Kier molecular flexibility index (Phi) is 6.08. The summed E-state index contributed by atoms with van der Waals surface area (Å²) in [6, 6.07) is 0. The Morgan fingerprint density at radius 2 is 2.21 bits per heavy atom. The van der Waals surface area contributed by atoms with Gasteiger partial charge in [0.15, 0.2) is 0 Å². The van der Waals surface area contributed by atoms with Gasteiger partial charge in [-0.05, 0) is 19.8 Å². The van der Waals surface area contributed by atoms with E-state index in [1.807, 2.05) is 0 Å². The molecule has 0 saturated heterocycles. The summed E-state index contributed by atoms with van der Waals surface area (Å²) >= 11 is 1.74. The number of hydrogen-bond acceptors (Lipinski definition) is 4. The topological polar surface area (TPSA) is 83.0 Å². The summed E-state index contributed by atoms with van der Waals surface area (Å²) < 4.78 is 0. The number of aromatic amines is 1. The van der Waals surface area contributed by atoms with Crippen LogP contribution in [0.25, 0.3) is 0 Å². The first-order chi connectivity index (χ1) is 8.93. The molecule has 1 aromatic heterocycles. The van der Waals surface area contributed by atoms with Gasteiger partial charge >= 0.3 is 5.97 Å². The van der Waals surface area contributed by atoms with Crippen molar-refractivity contribution >= 4 is 17.7 Å². The SMILES string of the molecule is CCC(C)SCc1nc(C)c(CCC(=O)O)c(=O)[nH]1. The van der Waals surface area contributed by atoms with Crippen molar-refractivity contribution in [2.45, 2.75) is 51.0 Å². The van der Waals surface area contributed by atoms with E-state index in [0.717, 1.165) is 6.42 Å². The molecule has 1 rings (SSSR count). The first-order valence-corrected chi connectivity index (χ1v) is 7.41. The number of rotatable bonds is 7. The van der Waals surface area contributed by atoms with Crippen LogP contribution >= 0.6 is 11.8 Å². The van der Waals surface area contributed by atoms with Crippen LogP contribution in [0.4, 0.5) is 0 Å². The Hall–Kier alpha value is -1.30. The zero-order chi connectivity index (χ0) is 14.4. The highest BCUT2D eigenvalue weighted by molar-refractivity contribution is 7.99. The van der Waals surface area contributed by atoms with Crippen LogP contribution in [-0.4, -0.2) is 26.3 Å². The number of nitrogens with one attached hydrogen (secondary N) is 1. The highest BCUT2D eigenvalue weighted by atomic mass is 32.2. The summed E-state index contributed by atoms with van der Waals surface area (Å²) in [6.07, 6.45) is 1.25. The molecule has 1 aromatic rings. The van der Waals surface area contributed by atoms with Crippen LogP contribution < -0.4 is 5.56 Å². The van der Waals surface area contributed by atoms with E-state index in [1.165, 1.54) is 0 Å². The maximum absolute atomic E-state index is 11.9. The largest absolute Gasteiger partial charge is 0.481 e. The highest BCUT2D eigenvalue weighted by Gasteiger charge is 2.10. The van der Waals surface area contributed by atoms with E-state index in [4.69, 9.17) is 5.11 Å². The number of carbonyl (C=O) groups is 1. The Balaban J connectivity index is 2.79. The number of thioether (sulfide) groups is 1. The van der Waals surface area contributed by atoms with Crippen molar-refractivity contribution in [1.29, 1.82) is 0 Å². The van der Waals surface area contributed by atoms with Crippen molar-refractivity contribution in [3.63, 3.8) is 0 Å². The molecule has 5 nitrogen and oxygen atoms in total. The van der Waals surface area contributed by atoms with Gasteiger partial charge in [-0.3, -0.25) is 9.59 Å². The van der Waals surface area contributed by atoms with E-state index in [2.05, 4.69) is 23.8 Å². The third-order valence-corrected chi connectivity index (χ3v) is 4.28. The van der Waals surface area contributed by atoms with Gasteiger partial charge in [-0.2, -0.15) is 11.8 Å². The maximum Gasteiger partial charge on any atom is 0.303 e. The number of nitrogens with zero attached hydrogens (tertiary/aromatic N) is 1. The number of aliphatic carboxylic acids is 1. The fraction of sp³-hybridized carbons (Fsp3) is 0.615. The van der Waals surface area contributed by atoms with Crippen LogP contribution in [0.5, 0.6) is 0 Å². The number of aryl methyl sites for hydroxylation is 1. The summed E-state index contributed by atoms with van der Waals surface area (Å²) in [4.78, 5) is 29.5. The molecule has 6 heteroatoms. The summed E-state index contributed by atoms with van der Waals surface area (Å²) in [5.41, 5.74) is 0.887. The first-order valence-electron chi connectivity index (χ1n) is 6.36. The molecule has 0 radical (unpaired) electrons. The van der Waals surface area contributed by atoms with E-state index in [9.17, 15) is 9.59 Å². The molecule has 0 amide bonds. The molecular formula is C13H20N2O3S. The average molecular weight is 284 g/mol. The summed E-state index contributed by atoms with van der Waals surface area (Å²) in [5, 5.41) is 9.17. The molecule has 19 heavy (non-hydrogen) atoms. The third kappa shape index (κ3) is 5.06. The molecule has 0 bridgehead atoms. The Bertz CT molecular complexity index is 499. The number of hydrogen-bond donors (Lipinski definition) is 2. The van der Waals surface area contributed by atoms with Crippen LogP contribution in [0, 0.1) is 6.92 Å². The Morgan fingerprint density at radius 1 is 1.53 bits per heavy atom. The molecule has 0 aliphatic rings. The van der Waals surface area contributed by atoms with Crippen molar-refractivity contribution in [2.75, 3.05) is 0 Å². The molecule has 1 heterocycles. The van der Waals surface area contributed by atoms with Gasteiger partial charge in [0.05, 0.1) is 5.75 Å². The molecule has 2 N–H and O–H groups in total. The van der Waals surface area contributed by atoms with E-state index in [-0.39, 0.29) is 18.4 Å². The summed E-state index contributed by atoms with van der Waals surface area (Å²) in [6.45, 7) is 6.01. The highest BCUT2D eigenvalue weighted by Crippen LogP contribution is 2.17. The number of H-pyrrole nitrogens is 1. The fourth-order valence-corrected chi connectivity index (χ4v) is 2.42. The molecule has 1 unspecified atom stereocenters. The normalized spacial score (nSPS) is 12.4. The predicted molar refractivity (Wildman–Crippen MR) is 76.6 cm³/mol. The van der Waals surface area contributed by atoms with Crippen LogP contribution in [-0.2, 0) is 17.0 Å². The van der Waals surface area contributed by atoms with Gasteiger partial charge in [0.25, 0.3) is 5.56 Å². The Morgan fingerprint density at radius 3 is 2.74 bits per heavy atom. The van der Waals surface area contributed by atoms with Crippen molar-refractivity contribution < 1.29 is 9.90 Å². The molecule has 0 aliphatic heterocycles. The third-order valence-electron chi connectivity index (χ3n) is 2.94. The number of carboxylic acid groups (broad SMARTS) is 1. The molecule has 0 fully saturated rings. The van der Waals surface area contributed by atoms with Crippen LogP contribution in [0.15, 0.2) is 4.79 Å². The zero-order valence-electron chi connectivity index (χ0n) is 11.5. The molecule has 0 aromatic carbocycles. The average Bonchev–Trinajstić information content (AvgIpc) is 2.34. The van der Waals surface area contributed by atoms with Crippen LogP contribution in [0.3, 0.4) is 0 Å². The summed E-state index contributed by atoms with van der Waals surface area (Å²) in [5.74, 6) is 0.423. The number of aromatic nitrogens is 2. The second kappa shape index (κ2) is 7.33. The lowest BCUT2D eigenvalue weighted by Crippen LogP contribution is -2.19. The van der Waals surface area contributed by atoms with Gasteiger partial charge in [0.1, 0.15) is 5.82 Å². The van der Waals surface area contributed by atoms with Gasteiger partial charge in [-0.1, -0.05) is 13.8 Å². The van der Waals surface area contributed by atoms with E-state index in [0.29, 0.717) is 28.1 Å². The van der Waals surface area contributed by atoms with E-state index in [1.54, 1.807) is 18.7 Å². The molecule has 0 saturated carbocycles. The van der Waals surface area contributed by atoms with Crippen molar-refractivity contribution in [3.8, 4) is 0 Å². The van der Waals surface area contributed by atoms with Crippen LogP contribution in [0.2, 0.25) is 0 Å². The summed E-state index contributed by atoms with van der Waals surface area (Å²) in [7, 11) is 0. The zero-order valence-corrected chi connectivity index (χ0v) is 12.3. The lowest BCUT2D eigenvalue weighted by atomic mass is 10.1. The molecular weight excluding hydrogens is 264 g/mol. The molecule has 0 aliphatic carbocycles. The van der Waals surface area contributed by atoms with Crippen molar-refractivity contribution in [3.05, 3.63) is 27.4 Å². The van der Waals surface area contributed by atoms with Gasteiger partial charge in [-0.25, -0.2) is 4.98 Å². The second-order valence-corrected chi connectivity index (χ2v) is 5.93. The van der Waals surface area contributed by atoms with Crippen molar-refractivity contribution in [2.24, 2.45) is 0 Å². The smallest absolute Gasteiger partial charge is 0.303 e. The lowest BCUT2D eigenvalue weighted by Gasteiger charge is -2.09. The molecule has 1 atom stereocenters. The minimum absolute atomic E-state index is 0.0490. The first kappa shape index (κ1) is 15.8.